The lowest BCUT2D eigenvalue weighted by Crippen LogP contribution is -2.37. The zero-order valence-electron chi connectivity index (χ0n) is 10.6. The maximum Gasteiger partial charge on any atom is 0.231 e. The Hall–Kier alpha value is -2.16. The SMILES string of the molecule is COc1ccccc1C(=O)C[n+]1cccc(C)c1. The highest BCUT2D eigenvalue weighted by Gasteiger charge is 2.15. The van der Waals surface area contributed by atoms with Crippen molar-refractivity contribution in [2.45, 2.75) is 13.5 Å². The summed E-state index contributed by atoms with van der Waals surface area (Å²) in [7, 11) is 1.58. The third-order valence-electron chi connectivity index (χ3n) is 2.74. The molecule has 0 aliphatic heterocycles. The predicted octanol–water partition coefficient (Wildman–Crippen LogP) is 2.17. The number of ether oxygens (including phenoxy) is 1. The molecule has 1 aromatic heterocycles. The molecule has 0 bridgehead atoms. The molecule has 0 atom stereocenters. The van der Waals surface area contributed by atoms with Crippen LogP contribution in [0.5, 0.6) is 5.75 Å². The highest BCUT2D eigenvalue weighted by atomic mass is 16.5. The largest absolute Gasteiger partial charge is 0.496 e. The lowest BCUT2D eigenvalue weighted by atomic mass is 10.1. The highest BCUT2D eigenvalue weighted by molar-refractivity contribution is 5.97. The van der Waals surface area contributed by atoms with Crippen molar-refractivity contribution in [3.8, 4) is 5.75 Å². The van der Waals surface area contributed by atoms with Crippen LogP contribution in [0.25, 0.3) is 0 Å². The average molecular weight is 242 g/mol. The Labute approximate surface area is 107 Å². The van der Waals surface area contributed by atoms with Crippen LogP contribution < -0.4 is 9.30 Å². The van der Waals surface area contributed by atoms with Crippen molar-refractivity contribution in [3.05, 3.63) is 59.9 Å². The van der Waals surface area contributed by atoms with Crippen molar-refractivity contribution in [2.75, 3.05) is 7.11 Å². The Balaban J connectivity index is 2.22. The van der Waals surface area contributed by atoms with Gasteiger partial charge < -0.3 is 4.74 Å². The van der Waals surface area contributed by atoms with Gasteiger partial charge in [0.25, 0.3) is 0 Å². The van der Waals surface area contributed by atoms with Gasteiger partial charge in [0.1, 0.15) is 5.75 Å². The molecule has 18 heavy (non-hydrogen) atoms. The maximum atomic E-state index is 12.2. The van der Waals surface area contributed by atoms with E-state index in [-0.39, 0.29) is 5.78 Å². The highest BCUT2D eigenvalue weighted by Crippen LogP contribution is 2.17. The second-order valence-electron chi connectivity index (χ2n) is 4.18. The molecular weight excluding hydrogens is 226 g/mol. The molecule has 0 N–H and O–H groups in total. The number of benzene rings is 1. The molecule has 92 valence electrons. The number of para-hydroxylation sites is 1. The van der Waals surface area contributed by atoms with Gasteiger partial charge >= 0.3 is 0 Å². The van der Waals surface area contributed by atoms with E-state index in [4.69, 9.17) is 4.74 Å². The van der Waals surface area contributed by atoms with Gasteiger partial charge in [0.15, 0.2) is 12.4 Å². The summed E-state index contributed by atoms with van der Waals surface area (Å²) in [5.74, 6) is 0.666. The predicted molar refractivity (Wildman–Crippen MR) is 68.7 cm³/mol. The van der Waals surface area contributed by atoms with Crippen molar-refractivity contribution in [1.82, 2.24) is 0 Å². The Morgan fingerprint density at radius 3 is 2.72 bits per heavy atom. The summed E-state index contributed by atoms with van der Waals surface area (Å²) >= 11 is 0. The fraction of sp³-hybridized carbons (Fsp3) is 0.200. The molecule has 0 aliphatic carbocycles. The number of rotatable bonds is 4. The summed E-state index contributed by atoms with van der Waals surface area (Å²) < 4.78 is 7.08. The zero-order chi connectivity index (χ0) is 13.0. The topological polar surface area (TPSA) is 30.2 Å². The fourth-order valence-corrected chi connectivity index (χ4v) is 1.88. The normalized spacial score (nSPS) is 10.1. The van der Waals surface area contributed by atoms with E-state index < -0.39 is 0 Å². The standard InChI is InChI=1S/C15H16NO2/c1-12-6-5-9-16(10-12)11-14(17)13-7-3-4-8-15(13)18-2/h3-10H,11H2,1-2H3/q+1. The Bertz CT molecular complexity index is 564. The number of pyridine rings is 1. The maximum absolute atomic E-state index is 12.2. The van der Waals surface area contributed by atoms with Crippen molar-refractivity contribution in [1.29, 1.82) is 0 Å². The Morgan fingerprint density at radius 1 is 1.22 bits per heavy atom. The first-order chi connectivity index (χ1) is 8.70. The van der Waals surface area contributed by atoms with Crippen LogP contribution in [0.4, 0.5) is 0 Å². The zero-order valence-corrected chi connectivity index (χ0v) is 10.6. The third-order valence-corrected chi connectivity index (χ3v) is 2.74. The summed E-state index contributed by atoms with van der Waals surface area (Å²) in [6.45, 7) is 2.33. The number of hydrogen-bond donors (Lipinski definition) is 0. The van der Waals surface area contributed by atoms with E-state index in [0.717, 1.165) is 5.56 Å². The van der Waals surface area contributed by atoms with Crippen molar-refractivity contribution < 1.29 is 14.1 Å². The van der Waals surface area contributed by atoms with Crippen LogP contribution in [0.15, 0.2) is 48.8 Å². The van der Waals surface area contributed by atoms with Crippen LogP contribution >= 0.6 is 0 Å². The number of aryl methyl sites for hydroxylation is 1. The van der Waals surface area contributed by atoms with Crippen LogP contribution in [0, 0.1) is 6.92 Å². The molecule has 0 spiro atoms. The summed E-state index contributed by atoms with van der Waals surface area (Å²) in [6.07, 6.45) is 3.84. The number of Topliss-reactive ketones (excluding diaryl/α,β-unsaturated/α-hetero) is 1. The first-order valence-corrected chi connectivity index (χ1v) is 5.82. The van der Waals surface area contributed by atoms with Gasteiger partial charge in [0.2, 0.25) is 12.3 Å². The lowest BCUT2D eigenvalue weighted by molar-refractivity contribution is -0.683. The molecule has 2 aromatic rings. The summed E-state index contributed by atoms with van der Waals surface area (Å²) in [5, 5.41) is 0. The van der Waals surface area contributed by atoms with Gasteiger partial charge in [-0.25, -0.2) is 0 Å². The van der Waals surface area contributed by atoms with Gasteiger partial charge in [0.05, 0.1) is 12.7 Å². The van der Waals surface area contributed by atoms with Crippen molar-refractivity contribution in [2.24, 2.45) is 0 Å². The van der Waals surface area contributed by atoms with E-state index >= 15 is 0 Å². The van der Waals surface area contributed by atoms with Gasteiger partial charge in [-0.05, 0) is 25.1 Å². The summed E-state index contributed by atoms with van der Waals surface area (Å²) in [5.41, 5.74) is 1.75. The third kappa shape index (κ3) is 2.74. The molecule has 3 heteroatoms. The number of hydrogen-bond acceptors (Lipinski definition) is 2. The van der Waals surface area contributed by atoms with E-state index in [1.807, 2.05) is 48.1 Å². The number of carbonyl (C=O) groups excluding carboxylic acids is 1. The van der Waals surface area contributed by atoms with E-state index in [1.165, 1.54) is 0 Å². The van der Waals surface area contributed by atoms with E-state index in [2.05, 4.69) is 0 Å². The number of carbonyl (C=O) groups is 1. The minimum absolute atomic E-state index is 0.0445. The van der Waals surface area contributed by atoms with Crippen LogP contribution in [0.2, 0.25) is 0 Å². The van der Waals surface area contributed by atoms with E-state index in [1.54, 1.807) is 19.2 Å². The quantitative estimate of drug-likeness (QED) is 0.607. The minimum Gasteiger partial charge on any atom is -0.496 e. The number of nitrogens with zero attached hydrogens (tertiary/aromatic N) is 1. The number of ketones is 1. The van der Waals surface area contributed by atoms with Gasteiger partial charge in [-0.15, -0.1) is 0 Å². The molecule has 2 rings (SSSR count). The first kappa shape index (κ1) is 12.3. The summed E-state index contributed by atoms with van der Waals surface area (Å²) in [4.78, 5) is 12.2. The van der Waals surface area contributed by atoms with E-state index in [0.29, 0.717) is 17.9 Å². The molecule has 1 aromatic carbocycles. The lowest BCUT2D eigenvalue weighted by Gasteiger charge is -2.05. The number of methoxy groups -OCH3 is 1. The Kier molecular flexibility index (Phi) is 3.72. The average Bonchev–Trinajstić information content (AvgIpc) is 2.38. The molecule has 0 saturated heterocycles. The van der Waals surface area contributed by atoms with Gasteiger partial charge in [0, 0.05) is 11.6 Å². The molecule has 3 nitrogen and oxygen atoms in total. The summed E-state index contributed by atoms with van der Waals surface area (Å²) in [6, 6.07) is 11.2. The van der Waals surface area contributed by atoms with Crippen molar-refractivity contribution >= 4 is 5.78 Å². The van der Waals surface area contributed by atoms with Crippen LogP contribution in [0.1, 0.15) is 15.9 Å². The van der Waals surface area contributed by atoms with Gasteiger partial charge in [-0.2, -0.15) is 4.57 Å². The molecule has 0 amide bonds. The fourth-order valence-electron chi connectivity index (χ4n) is 1.88. The first-order valence-electron chi connectivity index (χ1n) is 5.82. The van der Waals surface area contributed by atoms with Crippen LogP contribution in [-0.2, 0) is 6.54 Å². The molecule has 0 fully saturated rings. The minimum atomic E-state index is 0.0445. The second-order valence-corrected chi connectivity index (χ2v) is 4.18. The Morgan fingerprint density at radius 2 is 2.00 bits per heavy atom. The monoisotopic (exact) mass is 242 g/mol. The van der Waals surface area contributed by atoms with Gasteiger partial charge in [-0.1, -0.05) is 12.1 Å². The second kappa shape index (κ2) is 5.45. The molecule has 0 saturated carbocycles. The molecule has 0 radical (unpaired) electrons. The van der Waals surface area contributed by atoms with E-state index in [9.17, 15) is 4.79 Å². The molecule has 0 aliphatic rings. The number of aromatic nitrogens is 1. The molecule has 1 heterocycles. The molecule has 0 unspecified atom stereocenters. The van der Waals surface area contributed by atoms with Crippen molar-refractivity contribution in [3.63, 3.8) is 0 Å². The van der Waals surface area contributed by atoms with Gasteiger partial charge in [-0.3, -0.25) is 4.79 Å². The molecular formula is C15H16NO2+. The van der Waals surface area contributed by atoms with Crippen LogP contribution in [0.3, 0.4) is 0 Å². The van der Waals surface area contributed by atoms with Crippen LogP contribution in [-0.4, -0.2) is 12.9 Å². The smallest absolute Gasteiger partial charge is 0.231 e.